The van der Waals surface area contributed by atoms with Gasteiger partial charge in [-0.15, -0.1) is 0 Å². The summed E-state index contributed by atoms with van der Waals surface area (Å²) in [6, 6.07) is 0. The summed E-state index contributed by atoms with van der Waals surface area (Å²) in [4.78, 5) is 9.90. The average molecular weight is 1900 g/mol. The molecular weight excluding hydrogens is 1900 g/mol. The molecule has 0 amide bonds. The fourth-order valence-electron chi connectivity index (χ4n) is 4.32. The van der Waals surface area contributed by atoms with Gasteiger partial charge in [0, 0.05) is 0 Å². The first-order valence-corrected chi connectivity index (χ1v) is 23.1. The van der Waals surface area contributed by atoms with E-state index in [0.29, 0.717) is 23.7 Å². The number of aliphatic carboxylic acids is 1. The molecule has 0 saturated carbocycles. The minimum atomic E-state index is -9.13. The molecule has 0 spiro atoms. The molecule has 0 N–H and O–H groups in total. The molecule has 0 rings (SSSR count). The van der Waals surface area contributed by atoms with E-state index in [2.05, 4.69) is 0 Å². The van der Waals surface area contributed by atoms with Crippen LogP contribution in [0.5, 0.6) is 0 Å². The summed E-state index contributed by atoms with van der Waals surface area (Å²) in [5.41, 5.74) is 0. The van der Waals surface area contributed by atoms with Gasteiger partial charge in [-0.1, -0.05) is 0 Å². The van der Waals surface area contributed by atoms with Gasteiger partial charge in [0.25, 0.3) is 0 Å². The van der Waals surface area contributed by atoms with E-state index in [-0.39, 0.29) is 0 Å². The highest BCUT2D eigenvalue weighted by atomic mass is 19.5. The number of carboxylic acid groups (broad SMARTS) is 1. The van der Waals surface area contributed by atoms with Gasteiger partial charge in [0.05, 0.1) is 0 Å². The normalized spacial score (nSPS) is 16.8. The minimum absolute atomic E-state index is 0.700. The Labute approximate surface area is 569 Å². The molecule has 115 heavy (non-hydrogen) atoms. The lowest BCUT2D eigenvalue weighted by molar-refractivity contribution is -0.607. The lowest BCUT2D eigenvalue weighted by atomic mass is 10.3. The van der Waals surface area contributed by atoms with Gasteiger partial charge in [-0.3, -0.25) is 0 Å². The van der Waals surface area contributed by atoms with E-state index in [4.69, 9.17) is 0 Å². The molecule has 0 aliphatic rings. The molecule has 0 aliphatic heterocycles. The Morgan fingerprint density at radius 1 is 0.122 bits per heavy atom. The molecule has 0 aromatic heterocycles. The molecule has 0 fully saturated rings. The van der Waals surface area contributed by atoms with E-state index in [1.165, 1.54) is 0 Å². The fraction of sp³-hybridized carbons (Fsp3) is 0.970. The molecule has 0 heterocycles. The third kappa shape index (κ3) is 22.3. The van der Waals surface area contributed by atoms with E-state index < -0.39 is 201 Å². The van der Waals surface area contributed by atoms with Crippen LogP contribution in [0.15, 0.2) is 0 Å². The van der Waals surface area contributed by atoms with E-state index >= 15 is 0 Å². The highest BCUT2D eigenvalue weighted by Crippen LogP contribution is 2.61. The quantitative estimate of drug-likeness (QED) is 0.0525. The van der Waals surface area contributed by atoms with Crippen LogP contribution >= 0.6 is 0 Å². The van der Waals surface area contributed by atoms with Gasteiger partial charge in [-0.25, -0.2) is 71.1 Å². The van der Waals surface area contributed by atoms with Gasteiger partial charge in [-0.2, -0.15) is 285 Å². The van der Waals surface area contributed by atoms with Crippen molar-refractivity contribution < 1.29 is 366 Å². The molecular formula is C33F65O17-. The third-order valence-electron chi connectivity index (χ3n) is 9.54. The molecule has 82 heteroatoms. The monoisotopic (exact) mass is 1900 g/mol. The van der Waals surface area contributed by atoms with Crippen molar-refractivity contribution in [3.63, 3.8) is 0 Å². The van der Waals surface area contributed by atoms with Crippen molar-refractivity contribution in [3.8, 4) is 0 Å². The predicted molar refractivity (Wildman–Crippen MR) is 181 cm³/mol. The summed E-state index contributed by atoms with van der Waals surface area (Å²) in [5, 5.41) is 9.90. The number of carboxylic acids is 1. The zero-order chi connectivity index (χ0) is 94.2. The predicted octanol–water partition coefficient (Wildman–Crippen LogP) is 18.0. The summed E-state index contributed by atoms with van der Waals surface area (Å²) in [6.07, 6.45) is -272. The highest BCUT2D eigenvalue weighted by molar-refractivity contribution is 5.74. The van der Waals surface area contributed by atoms with Crippen molar-refractivity contribution in [2.75, 3.05) is 0 Å². The van der Waals surface area contributed by atoms with Crippen LogP contribution in [-0.2, 0) is 75.8 Å². The van der Waals surface area contributed by atoms with Gasteiger partial charge in [-0.05, 0) is 0 Å². The average Bonchev–Trinajstić information content (AvgIpc) is 0.742. The molecule has 0 aromatic rings. The fourth-order valence-corrected chi connectivity index (χ4v) is 4.32. The van der Waals surface area contributed by atoms with Crippen molar-refractivity contribution in [1.29, 1.82) is 0 Å². The number of alkyl halides is 65. The second kappa shape index (κ2) is 29.9. The first kappa shape index (κ1) is 109. The molecule has 0 radical (unpaired) electrons. The van der Waals surface area contributed by atoms with E-state index in [1.54, 1.807) is 0 Å². The molecule has 17 nitrogen and oxygen atoms in total. The topological polar surface area (TPSA) is 179 Å². The van der Waals surface area contributed by atoms with Gasteiger partial charge >= 0.3 is 195 Å². The number of carbonyl (C=O) groups excluding carboxylic acids is 1. The molecule has 0 bridgehead atoms. The van der Waals surface area contributed by atoms with Crippen LogP contribution in [0.1, 0.15) is 0 Å². The summed E-state index contributed by atoms with van der Waals surface area (Å²) in [6.45, 7) is 0. The number of hydrogen-bond acceptors (Lipinski definition) is 17. The van der Waals surface area contributed by atoms with Crippen LogP contribution in [-0.4, -0.2) is 201 Å². The summed E-state index contributed by atoms with van der Waals surface area (Å²) in [5.74, 6) is -12.1. The van der Waals surface area contributed by atoms with E-state index in [1.807, 2.05) is 0 Å². The first-order chi connectivity index (χ1) is 48.5. The molecule has 0 aliphatic carbocycles. The van der Waals surface area contributed by atoms with Crippen molar-refractivity contribution in [3.05, 3.63) is 0 Å². The molecule has 0 unspecified atom stereocenters. The smallest absolute Gasteiger partial charge is 0.483 e. The number of carbonyl (C=O) groups is 1. The summed E-state index contributed by atoms with van der Waals surface area (Å²) >= 11 is 0. The molecule has 0 atom stereocenters. The van der Waals surface area contributed by atoms with Gasteiger partial charge < -0.3 is 9.90 Å². The number of halogens is 65. The maximum atomic E-state index is 13.9. The van der Waals surface area contributed by atoms with Crippen LogP contribution in [0, 0.1) is 0 Å². The van der Waals surface area contributed by atoms with Crippen LogP contribution in [0.4, 0.5) is 285 Å². The van der Waals surface area contributed by atoms with Crippen LogP contribution in [0.3, 0.4) is 0 Å². The second-order valence-corrected chi connectivity index (χ2v) is 18.4. The number of hydrogen-bond donors (Lipinski definition) is 0. The standard InChI is InChI=1S/C33HF65O17/c34-2(35,1(99)100)4(39,40)101-6(43,44)8(47,48)103-10(51,52)12(55,56)105-14(59,60)16(63,64)107-18(67,68)20(71,72)109-22(75,76)24(79,80)111-26(83,84)28(87,88)113-30(91,92)32(95,96)115-33(97,98)31(93,94)114-29(89,90)27(85,86)112-25(81,82)23(77,78)110-21(73,74)19(69,70)108-17(65,66)15(61,62)106-13(57,58)11(53,54)104-9(49,50)7(45,46)102-5(41,42)3(36,37)38/h(H,99,100)/p-1. The van der Waals surface area contributed by atoms with Crippen LogP contribution in [0.25, 0.3) is 0 Å². The third-order valence-corrected chi connectivity index (χ3v) is 9.54. The van der Waals surface area contributed by atoms with Gasteiger partial charge in [0.15, 0.2) is 0 Å². The van der Waals surface area contributed by atoms with Crippen molar-refractivity contribution in [1.82, 2.24) is 0 Å². The SMILES string of the molecule is O=C([O-])C(F)(F)C(F)(F)OC(F)(F)C(F)(F)OC(F)(F)C(F)(F)OC(F)(F)C(F)(F)OC(F)(F)C(F)(F)OC(F)(F)C(F)(F)OC(F)(F)C(F)(F)OC(F)(F)C(F)(F)OC(F)(F)C(F)(F)OC(F)(F)C(F)(F)OC(F)(F)C(F)(F)OC(F)(F)C(F)(F)OC(F)(F)C(F)(F)OC(F)(F)C(F)(F)OC(F)(F)C(F)(F)OC(F)(F)C(F)(F)F. The van der Waals surface area contributed by atoms with E-state index in [0.717, 1.165) is 47.4 Å². The Morgan fingerprint density at radius 2 is 0.183 bits per heavy atom. The van der Waals surface area contributed by atoms with E-state index in [9.17, 15) is 295 Å². The largest absolute Gasteiger partial charge is 0.544 e. The zero-order valence-electron chi connectivity index (χ0n) is 48.0. The Bertz CT molecular complexity index is 3280. The molecule has 690 valence electrons. The maximum Gasteiger partial charge on any atom is 0.483 e. The second-order valence-electron chi connectivity index (χ2n) is 18.4. The van der Waals surface area contributed by atoms with Crippen molar-refractivity contribution in [2.45, 2.75) is 195 Å². The Morgan fingerprint density at radius 3 is 0.243 bits per heavy atom. The highest BCUT2D eigenvalue weighted by Gasteiger charge is 2.87. The summed E-state index contributed by atoms with van der Waals surface area (Å²) < 4.78 is 893. The van der Waals surface area contributed by atoms with Crippen molar-refractivity contribution >= 4 is 5.97 Å². The number of rotatable bonds is 46. The first-order valence-electron chi connectivity index (χ1n) is 23.1. The Balaban J connectivity index is 6.85. The minimum Gasteiger partial charge on any atom is -0.544 e. The zero-order valence-corrected chi connectivity index (χ0v) is 48.0. The molecule has 0 aromatic carbocycles. The van der Waals surface area contributed by atoms with Gasteiger partial charge in [0.2, 0.25) is 0 Å². The Kier molecular flexibility index (Phi) is 28.4. The lowest BCUT2D eigenvalue weighted by Crippen LogP contribution is -2.63. The van der Waals surface area contributed by atoms with Crippen LogP contribution in [0.2, 0.25) is 0 Å². The van der Waals surface area contributed by atoms with Crippen LogP contribution < -0.4 is 5.11 Å². The Hall–Kier alpha value is -5.68. The van der Waals surface area contributed by atoms with Crippen molar-refractivity contribution in [2.24, 2.45) is 0 Å². The maximum absolute atomic E-state index is 13.9. The summed E-state index contributed by atoms with van der Waals surface area (Å²) in [7, 11) is 0. The molecule has 0 saturated heterocycles. The van der Waals surface area contributed by atoms with Gasteiger partial charge in [0.1, 0.15) is 5.97 Å². The number of ether oxygens (including phenoxy) is 15. The lowest BCUT2D eigenvalue weighted by Gasteiger charge is -2.38.